The molecule has 24 heavy (non-hydrogen) atoms. The summed E-state index contributed by atoms with van der Waals surface area (Å²) in [6.45, 7) is 0.779. The molecule has 126 valence electrons. The van der Waals surface area contributed by atoms with E-state index in [2.05, 4.69) is 22.4 Å². The molecule has 2 aromatic rings. The highest BCUT2D eigenvalue weighted by Gasteiger charge is 2.28. The highest BCUT2D eigenvalue weighted by Crippen LogP contribution is 2.22. The quantitative estimate of drug-likeness (QED) is 0.870. The van der Waals surface area contributed by atoms with E-state index in [4.69, 9.17) is 5.11 Å². The molecule has 0 bridgehead atoms. The van der Waals surface area contributed by atoms with Gasteiger partial charge in [0.15, 0.2) is 5.69 Å². The van der Waals surface area contributed by atoms with E-state index in [1.54, 1.807) is 0 Å². The topological polar surface area (TPSA) is 88.3 Å². The van der Waals surface area contributed by atoms with E-state index in [-0.39, 0.29) is 24.2 Å². The van der Waals surface area contributed by atoms with Gasteiger partial charge in [0, 0.05) is 12.6 Å². The third kappa shape index (κ3) is 3.79. The minimum Gasteiger partial charge on any atom is -0.476 e. The lowest BCUT2D eigenvalue weighted by molar-refractivity contribution is -0.133. The minimum absolute atomic E-state index is 0.0299. The van der Waals surface area contributed by atoms with Crippen molar-refractivity contribution in [1.82, 2.24) is 19.9 Å². The maximum Gasteiger partial charge on any atom is 0.358 e. The van der Waals surface area contributed by atoms with Crippen molar-refractivity contribution >= 4 is 11.9 Å². The van der Waals surface area contributed by atoms with Crippen LogP contribution in [0, 0.1) is 0 Å². The van der Waals surface area contributed by atoms with Gasteiger partial charge in [-0.2, -0.15) is 0 Å². The normalized spacial score (nSPS) is 17.2. The van der Waals surface area contributed by atoms with E-state index in [1.807, 2.05) is 23.1 Å². The van der Waals surface area contributed by atoms with Gasteiger partial charge >= 0.3 is 5.97 Å². The van der Waals surface area contributed by atoms with Crippen LogP contribution in [-0.4, -0.2) is 49.5 Å². The van der Waals surface area contributed by atoms with Crippen molar-refractivity contribution in [3.05, 3.63) is 47.8 Å². The molecule has 1 saturated heterocycles. The average molecular weight is 328 g/mol. The number of rotatable bonds is 6. The fourth-order valence-electron chi connectivity index (χ4n) is 3.15. The van der Waals surface area contributed by atoms with Crippen molar-refractivity contribution in [2.24, 2.45) is 0 Å². The van der Waals surface area contributed by atoms with Crippen LogP contribution < -0.4 is 0 Å². The highest BCUT2D eigenvalue weighted by molar-refractivity contribution is 5.84. The third-order valence-electron chi connectivity index (χ3n) is 4.36. The standard InChI is InChI=1S/C17H20N4O3/c22-16(12-20-11-15(17(23)24)18-19-20)21-10-4-7-14(21)9-8-13-5-2-1-3-6-13/h1-3,5-6,11,14H,4,7-10,12H2,(H,23,24). The van der Waals surface area contributed by atoms with Gasteiger partial charge in [-0.05, 0) is 31.2 Å². The number of aryl methyl sites for hydroxylation is 1. The highest BCUT2D eigenvalue weighted by atomic mass is 16.4. The molecule has 1 amide bonds. The van der Waals surface area contributed by atoms with Crippen LogP contribution >= 0.6 is 0 Å². The van der Waals surface area contributed by atoms with E-state index in [1.165, 1.54) is 16.4 Å². The summed E-state index contributed by atoms with van der Waals surface area (Å²) in [7, 11) is 0. The first-order valence-corrected chi connectivity index (χ1v) is 8.10. The molecule has 1 aromatic carbocycles. The Morgan fingerprint density at radius 3 is 2.75 bits per heavy atom. The van der Waals surface area contributed by atoms with E-state index in [9.17, 15) is 9.59 Å². The number of carboxylic acid groups (broad SMARTS) is 1. The minimum atomic E-state index is -1.14. The van der Waals surface area contributed by atoms with Gasteiger partial charge in [-0.25, -0.2) is 9.48 Å². The van der Waals surface area contributed by atoms with Crippen LogP contribution in [0.15, 0.2) is 36.5 Å². The van der Waals surface area contributed by atoms with Crippen molar-refractivity contribution in [3.8, 4) is 0 Å². The van der Waals surface area contributed by atoms with Crippen LogP contribution in [0.1, 0.15) is 35.3 Å². The van der Waals surface area contributed by atoms with Crippen LogP contribution in [0.25, 0.3) is 0 Å². The summed E-state index contributed by atoms with van der Waals surface area (Å²) in [4.78, 5) is 25.2. The Kier molecular flexibility index (Phi) is 4.88. The molecule has 1 aliphatic heterocycles. The number of benzene rings is 1. The predicted molar refractivity (Wildman–Crippen MR) is 86.5 cm³/mol. The zero-order valence-electron chi connectivity index (χ0n) is 13.3. The fraction of sp³-hybridized carbons (Fsp3) is 0.412. The van der Waals surface area contributed by atoms with Gasteiger partial charge in [0.05, 0.1) is 6.20 Å². The number of aromatic carboxylic acids is 1. The first-order chi connectivity index (χ1) is 11.6. The molecular weight excluding hydrogens is 308 g/mol. The van der Waals surface area contributed by atoms with E-state index < -0.39 is 5.97 Å². The maximum atomic E-state index is 12.5. The molecule has 0 saturated carbocycles. The first-order valence-electron chi connectivity index (χ1n) is 8.10. The van der Waals surface area contributed by atoms with Gasteiger partial charge in [-0.15, -0.1) is 5.10 Å². The number of aromatic nitrogens is 3. The van der Waals surface area contributed by atoms with Gasteiger partial charge in [0.1, 0.15) is 6.54 Å². The lowest BCUT2D eigenvalue weighted by Crippen LogP contribution is -2.38. The van der Waals surface area contributed by atoms with Gasteiger partial charge in [-0.3, -0.25) is 4.79 Å². The Hall–Kier alpha value is -2.70. The summed E-state index contributed by atoms with van der Waals surface area (Å²) in [5.41, 5.74) is 1.13. The predicted octanol–water partition coefficient (Wildman–Crippen LogP) is 1.60. The van der Waals surface area contributed by atoms with Crippen LogP contribution in [0.2, 0.25) is 0 Å². The van der Waals surface area contributed by atoms with Gasteiger partial charge in [0.2, 0.25) is 5.91 Å². The molecule has 1 atom stereocenters. The lowest BCUT2D eigenvalue weighted by atomic mass is 10.0. The zero-order valence-corrected chi connectivity index (χ0v) is 13.3. The number of carbonyl (C=O) groups is 2. The Balaban J connectivity index is 1.57. The first kappa shape index (κ1) is 16.2. The lowest BCUT2D eigenvalue weighted by Gasteiger charge is -2.24. The Bertz CT molecular complexity index is 714. The molecule has 7 nitrogen and oxygen atoms in total. The second-order valence-corrected chi connectivity index (χ2v) is 6.01. The van der Waals surface area contributed by atoms with Crippen LogP contribution in [0.4, 0.5) is 0 Å². The van der Waals surface area contributed by atoms with Gasteiger partial charge in [0.25, 0.3) is 0 Å². The Morgan fingerprint density at radius 1 is 1.25 bits per heavy atom. The smallest absolute Gasteiger partial charge is 0.358 e. The second-order valence-electron chi connectivity index (χ2n) is 6.01. The average Bonchev–Trinajstić information content (AvgIpc) is 3.23. The molecule has 0 spiro atoms. The van der Waals surface area contributed by atoms with E-state index >= 15 is 0 Å². The number of carbonyl (C=O) groups excluding carboxylic acids is 1. The summed E-state index contributed by atoms with van der Waals surface area (Å²) in [5.74, 6) is -1.18. The van der Waals surface area contributed by atoms with Crippen molar-refractivity contribution < 1.29 is 14.7 Å². The van der Waals surface area contributed by atoms with Gasteiger partial charge in [-0.1, -0.05) is 35.5 Å². The van der Waals surface area contributed by atoms with E-state index in [0.29, 0.717) is 0 Å². The summed E-state index contributed by atoms with van der Waals surface area (Å²) in [6, 6.07) is 10.5. The number of hydrogen-bond acceptors (Lipinski definition) is 4. The van der Waals surface area contributed by atoms with Crippen molar-refractivity contribution in [1.29, 1.82) is 0 Å². The summed E-state index contributed by atoms with van der Waals surface area (Å²) >= 11 is 0. The molecule has 2 heterocycles. The van der Waals surface area contributed by atoms with Crippen molar-refractivity contribution in [3.63, 3.8) is 0 Å². The SMILES string of the molecule is O=C(O)c1cn(CC(=O)N2CCCC2CCc2ccccc2)nn1. The number of nitrogens with zero attached hydrogens (tertiary/aromatic N) is 4. The number of carboxylic acids is 1. The molecular formula is C17H20N4O3. The number of likely N-dealkylation sites (tertiary alicyclic amines) is 1. The Labute approximate surface area is 139 Å². The monoisotopic (exact) mass is 328 g/mol. The molecule has 1 N–H and O–H groups in total. The van der Waals surface area contributed by atoms with Crippen molar-refractivity contribution in [2.45, 2.75) is 38.3 Å². The summed E-state index contributed by atoms with van der Waals surface area (Å²) in [5, 5.41) is 16.1. The van der Waals surface area contributed by atoms with Crippen LogP contribution in [-0.2, 0) is 17.8 Å². The van der Waals surface area contributed by atoms with Crippen LogP contribution in [0.3, 0.4) is 0 Å². The molecule has 7 heteroatoms. The fourth-order valence-corrected chi connectivity index (χ4v) is 3.15. The Morgan fingerprint density at radius 2 is 2.04 bits per heavy atom. The van der Waals surface area contributed by atoms with E-state index in [0.717, 1.165) is 32.2 Å². The molecule has 1 aliphatic rings. The zero-order chi connectivity index (χ0) is 16.9. The second kappa shape index (κ2) is 7.25. The van der Waals surface area contributed by atoms with Gasteiger partial charge < -0.3 is 10.0 Å². The van der Waals surface area contributed by atoms with Crippen LogP contribution in [0.5, 0.6) is 0 Å². The molecule has 0 aliphatic carbocycles. The summed E-state index contributed by atoms with van der Waals surface area (Å²) in [6.07, 6.45) is 5.18. The third-order valence-corrected chi connectivity index (χ3v) is 4.36. The molecule has 1 unspecified atom stereocenters. The molecule has 1 fully saturated rings. The molecule has 3 rings (SSSR count). The maximum absolute atomic E-state index is 12.5. The number of amides is 1. The summed E-state index contributed by atoms with van der Waals surface area (Å²) < 4.78 is 1.29. The van der Waals surface area contributed by atoms with Crippen molar-refractivity contribution in [2.75, 3.05) is 6.54 Å². The molecule has 0 radical (unpaired) electrons. The largest absolute Gasteiger partial charge is 0.476 e. The molecule has 1 aromatic heterocycles. The number of hydrogen-bond donors (Lipinski definition) is 1.